The molecule has 5 rings (SSSR count). The van der Waals surface area contributed by atoms with E-state index >= 15 is 0 Å². The molecule has 1 aliphatic rings. The first kappa shape index (κ1) is 26.0. The number of pyridine rings is 2. The molecule has 0 fully saturated rings. The van der Waals surface area contributed by atoms with Crippen molar-refractivity contribution in [2.24, 2.45) is 0 Å². The quantitative estimate of drug-likeness (QED) is 0.229. The minimum atomic E-state index is -4.54. The SMILES string of the molecule is Cc1nc(C(F)(F)F)ccc1CN1C[n+]2ccc(-c3ccc(Cl)cc3)c(-c3cc(F)c(CO)c(F)c3)c2N1. The third-order valence-corrected chi connectivity index (χ3v) is 6.64. The number of halogens is 6. The minimum Gasteiger partial charge on any atom is -0.391 e. The first-order valence-corrected chi connectivity index (χ1v) is 11.9. The molecule has 0 spiro atoms. The van der Waals surface area contributed by atoms with Crippen LogP contribution in [0.1, 0.15) is 22.5 Å². The number of fused-ring (bicyclic) bond motifs is 1. The zero-order valence-electron chi connectivity index (χ0n) is 20.0. The molecule has 2 aromatic heterocycles. The van der Waals surface area contributed by atoms with Crippen LogP contribution in [-0.4, -0.2) is 15.1 Å². The molecule has 0 unspecified atom stereocenters. The summed E-state index contributed by atoms with van der Waals surface area (Å²) in [5.41, 5.74) is 4.85. The Morgan fingerprint density at radius 1 is 1.03 bits per heavy atom. The lowest BCUT2D eigenvalue weighted by Gasteiger charge is -2.14. The van der Waals surface area contributed by atoms with E-state index in [0.717, 1.165) is 11.6 Å². The summed E-state index contributed by atoms with van der Waals surface area (Å²) in [6, 6.07) is 13.5. The second kappa shape index (κ2) is 9.94. The van der Waals surface area contributed by atoms with Crippen LogP contribution in [-0.2, 0) is 26.0 Å². The Bertz CT molecular complexity index is 1500. The fourth-order valence-electron chi connectivity index (χ4n) is 4.47. The Kier molecular flexibility index (Phi) is 6.81. The van der Waals surface area contributed by atoms with Crippen LogP contribution in [0.5, 0.6) is 0 Å². The Morgan fingerprint density at radius 3 is 2.32 bits per heavy atom. The van der Waals surface area contributed by atoms with Crippen molar-refractivity contribution < 1.29 is 31.6 Å². The van der Waals surface area contributed by atoms with Gasteiger partial charge in [0.25, 0.3) is 0 Å². The van der Waals surface area contributed by atoms with Gasteiger partial charge in [0.2, 0.25) is 0 Å². The summed E-state index contributed by atoms with van der Waals surface area (Å²) in [4.78, 5) is 3.70. The van der Waals surface area contributed by atoms with Crippen LogP contribution in [0.4, 0.5) is 27.8 Å². The van der Waals surface area contributed by atoms with Crippen molar-refractivity contribution in [3.63, 3.8) is 0 Å². The molecule has 2 N–H and O–H groups in total. The monoisotopic (exact) mass is 547 g/mol. The number of hydrogen-bond donors (Lipinski definition) is 2. The molecule has 0 saturated heterocycles. The van der Waals surface area contributed by atoms with E-state index < -0.39 is 35.7 Å². The lowest BCUT2D eigenvalue weighted by Crippen LogP contribution is -2.35. The second-order valence-electron chi connectivity index (χ2n) is 8.90. The van der Waals surface area contributed by atoms with Gasteiger partial charge in [-0.15, -0.1) is 5.01 Å². The molecule has 2 aromatic carbocycles. The maximum Gasteiger partial charge on any atom is 0.433 e. The van der Waals surface area contributed by atoms with E-state index in [4.69, 9.17) is 11.6 Å². The van der Waals surface area contributed by atoms with Gasteiger partial charge >= 0.3 is 12.0 Å². The Morgan fingerprint density at radius 2 is 1.71 bits per heavy atom. The summed E-state index contributed by atoms with van der Waals surface area (Å²) in [7, 11) is 0. The van der Waals surface area contributed by atoms with Gasteiger partial charge in [0.15, 0.2) is 6.67 Å². The topological polar surface area (TPSA) is 52.3 Å². The summed E-state index contributed by atoms with van der Waals surface area (Å²) < 4.78 is 70.4. The summed E-state index contributed by atoms with van der Waals surface area (Å²) in [5.74, 6) is -1.23. The first-order valence-electron chi connectivity index (χ1n) is 11.5. The van der Waals surface area contributed by atoms with E-state index in [-0.39, 0.29) is 17.8 Å². The number of aliphatic hydroxyl groups excluding tert-OH is 1. The summed E-state index contributed by atoms with van der Waals surface area (Å²) in [6.07, 6.45) is -2.73. The number of hydrazine groups is 1. The number of aliphatic hydroxyl groups is 1. The second-order valence-corrected chi connectivity index (χ2v) is 9.33. The normalized spacial score (nSPS) is 13.5. The number of nitrogens with one attached hydrogen (secondary N) is 1. The predicted molar refractivity (Wildman–Crippen MR) is 131 cm³/mol. The standard InChI is InChI=1S/C27H20ClF5N4O/c1-15-17(4-7-24(34-15)27(31,32)33)12-37-14-36-9-8-20(16-2-5-19(28)6-3-16)25(26(36)35-37)18-10-22(29)21(13-38)23(30)11-18/h2-11,38H,12-14H2,1H3/p+1. The van der Waals surface area contributed by atoms with Gasteiger partial charge in [0, 0.05) is 21.8 Å². The van der Waals surface area contributed by atoms with Crippen LogP contribution in [0, 0.1) is 18.6 Å². The predicted octanol–water partition coefficient (Wildman–Crippen LogP) is 6.25. The maximum atomic E-state index is 14.7. The zero-order valence-corrected chi connectivity index (χ0v) is 20.7. The number of nitrogens with zero attached hydrogens (tertiary/aromatic N) is 3. The molecule has 1 aliphatic heterocycles. The lowest BCUT2D eigenvalue weighted by atomic mass is 9.94. The summed E-state index contributed by atoms with van der Waals surface area (Å²) >= 11 is 6.05. The van der Waals surface area contributed by atoms with Gasteiger partial charge in [0.05, 0.1) is 24.9 Å². The van der Waals surface area contributed by atoms with E-state index in [0.29, 0.717) is 34.2 Å². The molecule has 4 aromatic rings. The van der Waals surface area contributed by atoms with E-state index in [1.54, 1.807) is 29.3 Å². The first-order chi connectivity index (χ1) is 18.0. The van der Waals surface area contributed by atoms with Gasteiger partial charge in [-0.3, -0.25) is 0 Å². The molecule has 3 heterocycles. The maximum absolute atomic E-state index is 14.7. The van der Waals surface area contributed by atoms with Crippen molar-refractivity contribution in [1.29, 1.82) is 0 Å². The van der Waals surface area contributed by atoms with Gasteiger partial charge in [-0.2, -0.15) is 18.6 Å². The van der Waals surface area contributed by atoms with Crippen molar-refractivity contribution in [2.75, 3.05) is 5.43 Å². The van der Waals surface area contributed by atoms with Crippen LogP contribution in [0.2, 0.25) is 5.02 Å². The number of hydrogen-bond acceptors (Lipinski definition) is 4. The van der Waals surface area contributed by atoms with Crippen molar-refractivity contribution in [2.45, 2.75) is 32.9 Å². The van der Waals surface area contributed by atoms with Crippen molar-refractivity contribution in [1.82, 2.24) is 9.99 Å². The fraction of sp³-hybridized carbons (Fsp3) is 0.185. The third-order valence-electron chi connectivity index (χ3n) is 6.39. The van der Waals surface area contributed by atoms with Crippen LogP contribution < -0.4 is 9.99 Å². The molecule has 0 saturated carbocycles. The molecule has 11 heteroatoms. The van der Waals surface area contributed by atoms with Gasteiger partial charge in [0.1, 0.15) is 17.3 Å². The van der Waals surface area contributed by atoms with Crippen molar-refractivity contribution >= 4 is 17.4 Å². The van der Waals surface area contributed by atoms with E-state index in [1.165, 1.54) is 25.1 Å². The highest BCUT2D eigenvalue weighted by Crippen LogP contribution is 2.39. The van der Waals surface area contributed by atoms with Crippen molar-refractivity contribution in [3.8, 4) is 22.3 Å². The number of anilines is 1. The highest BCUT2D eigenvalue weighted by molar-refractivity contribution is 6.30. The largest absolute Gasteiger partial charge is 0.433 e. The smallest absolute Gasteiger partial charge is 0.391 e. The van der Waals surface area contributed by atoms with Crippen LogP contribution in [0.15, 0.2) is 60.8 Å². The van der Waals surface area contributed by atoms with Crippen LogP contribution in [0.25, 0.3) is 22.3 Å². The van der Waals surface area contributed by atoms with E-state index in [1.807, 2.05) is 16.8 Å². The Balaban J connectivity index is 1.56. The van der Waals surface area contributed by atoms with Gasteiger partial charge in [-0.1, -0.05) is 29.8 Å². The molecule has 38 heavy (non-hydrogen) atoms. The highest BCUT2D eigenvalue weighted by Gasteiger charge is 2.35. The Labute approximate surface area is 219 Å². The summed E-state index contributed by atoms with van der Waals surface area (Å²) in [6.45, 7) is 1.26. The molecule has 196 valence electrons. The Hall–Kier alpha value is -3.60. The third kappa shape index (κ3) is 4.94. The number of aromatic nitrogens is 2. The molecular weight excluding hydrogens is 527 g/mol. The number of benzene rings is 2. The van der Waals surface area contributed by atoms with Crippen LogP contribution >= 0.6 is 11.6 Å². The molecule has 0 amide bonds. The molecule has 0 aliphatic carbocycles. The van der Waals surface area contributed by atoms with Crippen molar-refractivity contribution in [3.05, 3.63) is 100.0 Å². The average Bonchev–Trinajstić information content (AvgIpc) is 3.27. The minimum absolute atomic E-state index is 0.223. The number of alkyl halides is 3. The van der Waals surface area contributed by atoms with Gasteiger partial charge in [-0.05, 0) is 60.0 Å². The number of rotatable bonds is 5. The molecular formula is C27H21ClF5N4O+. The fourth-order valence-corrected chi connectivity index (χ4v) is 4.60. The van der Waals surface area contributed by atoms with E-state index in [9.17, 15) is 27.1 Å². The number of aryl methyl sites for hydroxylation is 1. The zero-order chi connectivity index (χ0) is 27.2. The molecule has 0 atom stereocenters. The molecule has 0 radical (unpaired) electrons. The molecule has 0 bridgehead atoms. The highest BCUT2D eigenvalue weighted by atomic mass is 35.5. The summed E-state index contributed by atoms with van der Waals surface area (Å²) in [5, 5.41) is 11.6. The lowest BCUT2D eigenvalue weighted by molar-refractivity contribution is -0.686. The van der Waals surface area contributed by atoms with E-state index in [2.05, 4.69) is 10.4 Å². The van der Waals surface area contributed by atoms with Gasteiger partial charge < -0.3 is 5.11 Å². The van der Waals surface area contributed by atoms with Gasteiger partial charge in [-0.25, -0.2) is 18.3 Å². The molecule has 5 nitrogen and oxygen atoms in total. The average molecular weight is 548 g/mol. The van der Waals surface area contributed by atoms with Crippen LogP contribution in [0.3, 0.4) is 0 Å².